The van der Waals surface area contributed by atoms with Crippen LogP contribution in [0.4, 0.5) is 0 Å². The van der Waals surface area contributed by atoms with Crippen molar-refractivity contribution in [2.45, 2.75) is 45.6 Å². The summed E-state index contributed by atoms with van der Waals surface area (Å²) < 4.78 is 0. The molecule has 0 aliphatic carbocycles. The highest BCUT2D eigenvalue weighted by Gasteiger charge is 2.05. The average molecular weight is 307 g/mol. The molecule has 122 valence electrons. The number of unbranched alkanes of at least 4 members (excludes halogenated alkanes) is 2. The van der Waals surface area contributed by atoms with Crippen LogP contribution in [0.25, 0.3) is 6.08 Å². The molecule has 0 fully saturated rings. The van der Waals surface area contributed by atoms with Gasteiger partial charge in [-0.15, -0.1) is 0 Å². The van der Waals surface area contributed by atoms with Crippen molar-refractivity contribution in [3.05, 3.63) is 77.4 Å². The maximum Gasteiger partial charge on any atom is 0.0294 e. The van der Waals surface area contributed by atoms with Crippen molar-refractivity contribution < 1.29 is 0 Å². The van der Waals surface area contributed by atoms with Gasteiger partial charge in [-0.3, -0.25) is 0 Å². The molecule has 0 spiro atoms. The lowest BCUT2D eigenvalue weighted by Gasteiger charge is -2.16. The average Bonchev–Trinajstić information content (AvgIpc) is 2.61. The second-order valence-corrected chi connectivity index (χ2v) is 6.18. The molecule has 0 unspecified atom stereocenters. The van der Waals surface area contributed by atoms with Crippen LogP contribution in [0.15, 0.2) is 66.2 Å². The van der Waals surface area contributed by atoms with E-state index in [9.17, 15) is 0 Å². The monoisotopic (exact) mass is 307 g/mol. The highest BCUT2D eigenvalue weighted by Crippen LogP contribution is 2.16. The van der Waals surface area contributed by atoms with Crippen LogP contribution < -0.4 is 5.32 Å². The quantitative estimate of drug-likeness (QED) is 0.560. The minimum Gasteiger partial charge on any atom is -0.306 e. The summed E-state index contributed by atoms with van der Waals surface area (Å²) in [6.07, 6.45) is 7.38. The van der Waals surface area contributed by atoms with Gasteiger partial charge in [0.2, 0.25) is 0 Å². The van der Waals surface area contributed by atoms with Crippen LogP contribution in [0, 0.1) is 0 Å². The van der Waals surface area contributed by atoms with E-state index in [2.05, 4.69) is 85.9 Å². The van der Waals surface area contributed by atoms with Gasteiger partial charge in [-0.25, -0.2) is 0 Å². The fourth-order valence-corrected chi connectivity index (χ4v) is 2.74. The largest absolute Gasteiger partial charge is 0.306 e. The molecule has 0 aliphatic rings. The molecule has 2 rings (SSSR count). The number of hydrogen-bond donors (Lipinski definition) is 1. The second kappa shape index (κ2) is 10.0. The fourth-order valence-electron chi connectivity index (χ4n) is 2.74. The van der Waals surface area contributed by atoms with Gasteiger partial charge in [0.25, 0.3) is 0 Å². The van der Waals surface area contributed by atoms with Crippen LogP contribution in [0.5, 0.6) is 0 Å². The lowest BCUT2D eigenvalue weighted by molar-refractivity contribution is 0.592. The van der Waals surface area contributed by atoms with Gasteiger partial charge in [0.05, 0.1) is 0 Å². The Hall–Kier alpha value is -1.86. The molecule has 0 amide bonds. The van der Waals surface area contributed by atoms with E-state index in [1.165, 1.54) is 42.4 Å². The third-order valence-corrected chi connectivity index (χ3v) is 4.21. The molecule has 1 heteroatoms. The van der Waals surface area contributed by atoms with Crippen molar-refractivity contribution in [1.82, 2.24) is 5.32 Å². The normalized spacial score (nSPS) is 13.0. The van der Waals surface area contributed by atoms with Crippen LogP contribution in [-0.2, 0) is 0 Å². The zero-order chi connectivity index (χ0) is 16.3. The number of benzene rings is 2. The number of nitrogens with one attached hydrogen (secondary N) is 1. The Labute approximate surface area is 141 Å². The molecule has 0 saturated heterocycles. The van der Waals surface area contributed by atoms with E-state index in [0.29, 0.717) is 6.04 Å². The van der Waals surface area contributed by atoms with Crippen LogP contribution >= 0.6 is 0 Å². The predicted octanol–water partition coefficient (Wildman–Crippen LogP) is 6.00. The molecule has 0 aliphatic heterocycles. The molecule has 1 N–H and O–H groups in total. The first kappa shape index (κ1) is 17.5. The van der Waals surface area contributed by atoms with Crippen LogP contribution in [0.1, 0.15) is 56.7 Å². The van der Waals surface area contributed by atoms with Gasteiger partial charge in [-0.2, -0.15) is 0 Å². The molecular formula is C22H29N. The lowest BCUT2D eigenvalue weighted by Crippen LogP contribution is -2.21. The van der Waals surface area contributed by atoms with Gasteiger partial charge in [-0.1, -0.05) is 92.1 Å². The first-order chi connectivity index (χ1) is 11.3. The first-order valence-corrected chi connectivity index (χ1v) is 8.82. The first-order valence-electron chi connectivity index (χ1n) is 8.82. The molecule has 2 aromatic carbocycles. The summed E-state index contributed by atoms with van der Waals surface area (Å²) in [6.45, 7) is 5.45. The summed E-state index contributed by atoms with van der Waals surface area (Å²) in [6, 6.07) is 21.7. The van der Waals surface area contributed by atoms with E-state index >= 15 is 0 Å². The van der Waals surface area contributed by atoms with Crippen molar-refractivity contribution in [2.75, 3.05) is 6.54 Å². The summed E-state index contributed by atoms with van der Waals surface area (Å²) in [5.74, 6) is 0. The molecule has 1 atom stereocenters. The molecule has 0 radical (unpaired) electrons. The van der Waals surface area contributed by atoms with E-state index in [0.717, 1.165) is 6.54 Å². The Bertz CT molecular complexity index is 571. The van der Waals surface area contributed by atoms with Crippen LogP contribution in [0.2, 0.25) is 0 Å². The van der Waals surface area contributed by atoms with Gasteiger partial charge in [0, 0.05) is 12.6 Å². The second-order valence-electron chi connectivity index (χ2n) is 6.18. The summed E-state index contributed by atoms with van der Waals surface area (Å²) in [5.41, 5.74) is 4.14. The molecular weight excluding hydrogens is 278 g/mol. The summed E-state index contributed by atoms with van der Waals surface area (Å²) in [7, 11) is 0. The SMILES string of the molecule is CCCCC/C(=C/c1ccccc1)CN[C@H](C)c1ccccc1. The zero-order valence-corrected chi connectivity index (χ0v) is 14.5. The molecule has 1 nitrogen and oxygen atoms in total. The van der Waals surface area contributed by atoms with E-state index in [-0.39, 0.29) is 0 Å². The van der Waals surface area contributed by atoms with Crippen LogP contribution in [-0.4, -0.2) is 6.54 Å². The van der Waals surface area contributed by atoms with Gasteiger partial charge < -0.3 is 5.32 Å². The third-order valence-electron chi connectivity index (χ3n) is 4.21. The Morgan fingerprint density at radius 3 is 2.26 bits per heavy atom. The summed E-state index contributed by atoms with van der Waals surface area (Å²) >= 11 is 0. The van der Waals surface area contributed by atoms with E-state index in [4.69, 9.17) is 0 Å². The Morgan fingerprint density at radius 1 is 0.957 bits per heavy atom. The third kappa shape index (κ3) is 6.42. The summed E-state index contributed by atoms with van der Waals surface area (Å²) in [5, 5.41) is 3.68. The summed E-state index contributed by atoms with van der Waals surface area (Å²) in [4.78, 5) is 0. The Kier molecular flexibility index (Phi) is 7.62. The Balaban J connectivity index is 1.98. The smallest absolute Gasteiger partial charge is 0.0294 e. The maximum atomic E-state index is 3.68. The highest BCUT2D eigenvalue weighted by atomic mass is 14.9. The molecule has 0 aromatic heterocycles. The minimum atomic E-state index is 0.376. The lowest BCUT2D eigenvalue weighted by atomic mass is 10.0. The van der Waals surface area contributed by atoms with Crippen LogP contribution in [0.3, 0.4) is 0 Å². The van der Waals surface area contributed by atoms with Crippen molar-refractivity contribution in [3.63, 3.8) is 0 Å². The van der Waals surface area contributed by atoms with Gasteiger partial charge in [0.1, 0.15) is 0 Å². The van der Waals surface area contributed by atoms with Gasteiger partial charge >= 0.3 is 0 Å². The molecule has 0 heterocycles. The standard InChI is InChI=1S/C22H29N/c1-3-4-7-14-21(17-20-12-8-5-9-13-20)18-23-19(2)22-15-10-6-11-16-22/h5-6,8-13,15-17,19,23H,3-4,7,14,18H2,1-2H3/b21-17-/t19-/m1/s1. The Morgan fingerprint density at radius 2 is 1.61 bits per heavy atom. The van der Waals surface area contributed by atoms with Gasteiger partial charge in [-0.05, 0) is 30.9 Å². The molecule has 0 bridgehead atoms. The van der Waals surface area contributed by atoms with Crippen molar-refractivity contribution in [3.8, 4) is 0 Å². The predicted molar refractivity (Wildman–Crippen MR) is 101 cm³/mol. The molecule has 0 saturated carbocycles. The van der Waals surface area contributed by atoms with Crippen molar-refractivity contribution in [1.29, 1.82) is 0 Å². The van der Waals surface area contributed by atoms with E-state index in [1.54, 1.807) is 0 Å². The number of hydrogen-bond acceptors (Lipinski definition) is 1. The topological polar surface area (TPSA) is 12.0 Å². The highest BCUT2D eigenvalue weighted by molar-refractivity contribution is 5.53. The van der Waals surface area contributed by atoms with Crippen molar-refractivity contribution in [2.24, 2.45) is 0 Å². The number of rotatable bonds is 9. The zero-order valence-electron chi connectivity index (χ0n) is 14.5. The van der Waals surface area contributed by atoms with E-state index in [1.807, 2.05) is 0 Å². The minimum absolute atomic E-state index is 0.376. The fraction of sp³-hybridized carbons (Fsp3) is 0.364. The maximum absolute atomic E-state index is 3.68. The van der Waals surface area contributed by atoms with Crippen molar-refractivity contribution >= 4 is 6.08 Å². The van der Waals surface area contributed by atoms with Gasteiger partial charge in [0.15, 0.2) is 0 Å². The van der Waals surface area contributed by atoms with E-state index < -0.39 is 0 Å². The molecule has 23 heavy (non-hydrogen) atoms. The molecule has 2 aromatic rings.